The number of amides is 2. The Morgan fingerprint density at radius 3 is 2.19 bits per heavy atom. The molecular weight excluding hydrogens is 678 g/mol. The molecule has 0 saturated heterocycles. The number of carbonyl (C=O) groups is 2. The molecule has 1 fully saturated rings. The van der Waals surface area contributed by atoms with E-state index in [0.717, 1.165) is 52.0 Å². The zero-order valence-corrected chi connectivity index (χ0v) is 28.8. The van der Waals surface area contributed by atoms with Crippen molar-refractivity contribution in [3.63, 3.8) is 0 Å². The second-order valence-corrected chi connectivity index (χ2v) is 14.5. The van der Waals surface area contributed by atoms with Gasteiger partial charge in [0.2, 0.25) is 11.8 Å². The maximum Gasteiger partial charge on any atom is 0.264 e. The highest BCUT2D eigenvalue weighted by Crippen LogP contribution is 2.28. The van der Waals surface area contributed by atoms with Crippen LogP contribution in [0, 0.1) is 0 Å². The smallest absolute Gasteiger partial charge is 0.264 e. The highest BCUT2D eigenvalue weighted by Gasteiger charge is 2.35. The summed E-state index contributed by atoms with van der Waals surface area (Å²) < 4.78 is 35.7. The summed E-state index contributed by atoms with van der Waals surface area (Å²) in [5.74, 6) is -0.307. The first-order valence-corrected chi connectivity index (χ1v) is 18.1. The van der Waals surface area contributed by atoms with E-state index in [1.54, 1.807) is 42.5 Å². The average Bonchev–Trinajstić information content (AvgIpc) is 3.10. The molecule has 10 heteroatoms. The van der Waals surface area contributed by atoms with E-state index in [1.165, 1.54) is 24.1 Å². The summed E-state index contributed by atoms with van der Waals surface area (Å²) in [6.45, 7) is -0.425. The summed E-state index contributed by atoms with van der Waals surface area (Å²) in [5.41, 5.74) is 1.97. The third-order valence-corrected chi connectivity index (χ3v) is 10.7. The van der Waals surface area contributed by atoms with E-state index in [9.17, 15) is 18.0 Å². The molecule has 2 amide bonds. The van der Waals surface area contributed by atoms with Crippen LogP contribution in [0.3, 0.4) is 0 Å². The monoisotopic (exact) mass is 717 g/mol. The van der Waals surface area contributed by atoms with Crippen molar-refractivity contribution in [1.29, 1.82) is 0 Å². The maximum atomic E-state index is 14.7. The van der Waals surface area contributed by atoms with Gasteiger partial charge >= 0.3 is 0 Å². The van der Waals surface area contributed by atoms with E-state index < -0.39 is 28.5 Å². The summed E-state index contributed by atoms with van der Waals surface area (Å²) in [5, 5.41) is 3.24. The van der Waals surface area contributed by atoms with Crippen LogP contribution in [-0.4, -0.2) is 50.9 Å². The number of hydrogen-bond acceptors (Lipinski definition) is 5. The van der Waals surface area contributed by atoms with Crippen LogP contribution in [-0.2, 0) is 32.6 Å². The minimum absolute atomic E-state index is 0.0316. The van der Waals surface area contributed by atoms with E-state index in [1.807, 2.05) is 54.6 Å². The summed E-state index contributed by atoms with van der Waals surface area (Å²) in [6.07, 6.45) is 5.28. The van der Waals surface area contributed by atoms with Crippen LogP contribution in [0.2, 0.25) is 0 Å². The number of sulfonamides is 1. The number of ether oxygens (including phenoxy) is 1. The molecule has 0 unspecified atom stereocenters. The standard InChI is InChI=1S/C37H40BrN3O5S/c1-46-33-20-12-19-32(25-33)41(47(44,45)34-21-9-4-10-22-34)27-36(42)40(26-29-15-11-16-30(38)23-29)35(24-28-13-5-2-6-14-28)37(43)39-31-17-7-3-8-18-31/h2,4-6,9-16,19-23,25,31,35H,3,7-8,17-18,24,26-27H2,1H3,(H,39,43)/t35-/m1/s1. The van der Waals surface area contributed by atoms with Gasteiger partial charge in [-0.2, -0.15) is 0 Å². The first-order valence-electron chi connectivity index (χ1n) is 15.8. The van der Waals surface area contributed by atoms with Crippen LogP contribution in [0.25, 0.3) is 0 Å². The van der Waals surface area contributed by atoms with Gasteiger partial charge in [0.05, 0.1) is 17.7 Å². The average molecular weight is 719 g/mol. The molecule has 4 aromatic rings. The molecule has 4 aromatic carbocycles. The Hall–Kier alpha value is -4.15. The minimum atomic E-state index is -4.19. The Kier molecular flexibility index (Phi) is 11.7. The van der Waals surface area contributed by atoms with E-state index in [4.69, 9.17) is 4.74 Å². The van der Waals surface area contributed by atoms with Gasteiger partial charge in [0, 0.05) is 29.5 Å². The second kappa shape index (κ2) is 16.1. The molecule has 1 N–H and O–H groups in total. The summed E-state index contributed by atoms with van der Waals surface area (Å²) in [7, 11) is -2.69. The van der Waals surface area contributed by atoms with Crippen molar-refractivity contribution in [3.8, 4) is 5.75 Å². The van der Waals surface area contributed by atoms with E-state index in [-0.39, 0.29) is 35.5 Å². The van der Waals surface area contributed by atoms with Crippen molar-refractivity contribution in [2.45, 2.75) is 62.0 Å². The topological polar surface area (TPSA) is 96.0 Å². The first kappa shape index (κ1) is 34.2. The lowest BCUT2D eigenvalue weighted by atomic mass is 9.94. The zero-order chi connectivity index (χ0) is 33.2. The Bertz CT molecular complexity index is 1750. The van der Waals surface area contributed by atoms with E-state index >= 15 is 0 Å². The van der Waals surface area contributed by atoms with Crippen LogP contribution >= 0.6 is 15.9 Å². The van der Waals surface area contributed by atoms with Crippen LogP contribution in [0.4, 0.5) is 5.69 Å². The molecule has 5 rings (SSSR count). The predicted molar refractivity (Wildman–Crippen MR) is 188 cm³/mol. The summed E-state index contributed by atoms with van der Waals surface area (Å²) in [4.78, 5) is 30.5. The van der Waals surface area contributed by atoms with Gasteiger partial charge in [-0.15, -0.1) is 0 Å². The largest absolute Gasteiger partial charge is 0.497 e. The molecule has 1 aliphatic rings. The maximum absolute atomic E-state index is 14.7. The highest BCUT2D eigenvalue weighted by atomic mass is 79.9. The molecule has 1 aliphatic carbocycles. The fourth-order valence-corrected chi connectivity index (χ4v) is 7.82. The third kappa shape index (κ3) is 9.02. The van der Waals surface area contributed by atoms with Gasteiger partial charge in [0.15, 0.2) is 0 Å². The minimum Gasteiger partial charge on any atom is -0.497 e. The normalized spacial score (nSPS) is 14.2. The fraction of sp³-hybridized carbons (Fsp3) is 0.297. The molecule has 1 atom stereocenters. The van der Waals surface area contributed by atoms with Gasteiger partial charge in [-0.3, -0.25) is 13.9 Å². The number of methoxy groups -OCH3 is 1. The van der Waals surface area contributed by atoms with Crippen LogP contribution in [0.1, 0.15) is 43.2 Å². The third-order valence-electron chi connectivity index (χ3n) is 8.42. The van der Waals surface area contributed by atoms with E-state index in [0.29, 0.717) is 5.75 Å². The number of carbonyl (C=O) groups excluding carboxylic acids is 2. The van der Waals surface area contributed by atoms with Crippen molar-refractivity contribution in [3.05, 3.63) is 125 Å². The van der Waals surface area contributed by atoms with Crippen molar-refractivity contribution < 1.29 is 22.7 Å². The molecule has 0 aromatic heterocycles. The van der Waals surface area contributed by atoms with E-state index in [2.05, 4.69) is 21.2 Å². The molecule has 0 spiro atoms. The Morgan fingerprint density at radius 2 is 1.51 bits per heavy atom. The number of benzene rings is 4. The Balaban J connectivity index is 1.57. The number of halogens is 1. The summed E-state index contributed by atoms with van der Waals surface area (Å²) >= 11 is 3.53. The quantitative estimate of drug-likeness (QED) is 0.165. The van der Waals surface area contributed by atoms with Crippen LogP contribution in [0.15, 0.2) is 119 Å². The van der Waals surface area contributed by atoms with Crippen molar-refractivity contribution in [1.82, 2.24) is 10.2 Å². The van der Waals surface area contributed by atoms with Crippen LogP contribution < -0.4 is 14.4 Å². The molecule has 0 bridgehead atoms. The number of anilines is 1. The highest BCUT2D eigenvalue weighted by molar-refractivity contribution is 9.10. The van der Waals surface area contributed by atoms with Gasteiger partial charge in [-0.05, 0) is 60.4 Å². The lowest BCUT2D eigenvalue weighted by molar-refractivity contribution is -0.140. The fourth-order valence-electron chi connectivity index (χ4n) is 5.94. The molecule has 0 heterocycles. The van der Waals surface area contributed by atoms with Gasteiger partial charge in [0.1, 0.15) is 18.3 Å². The number of nitrogens with zero attached hydrogens (tertiary/aromatic N) is 2. The molecular formula is C37H40BrN3O5S. The van der Waals surface area contributed by atoms with Crippen molar-refractivity contribution >= 4 is 43.5 Å². The molecule has 8 nitrogen and oxygen atoms in total. The van der Waals surface area contributed by atoms with Crippen LogP contribution in [0.5, 0.6) is 5.75 Å². The van der Waals surface area contributed by atoms with Crippen molar-refractivity contribution in [2.75, 3.05) is 18.0 Å². The first-order chi connectivity index (χ1) is 22.7. The SMILES string of the molecule is COc1cccc(N(CC(=O)N(Cc2cccc(Br)c2)[C@H](Cc2ccccc2)C(=O)NC2CCCCC2)S(=O)(=O)c2ccccc2)c1. The predicted octanol–water partition coefficient (Wildman–Crippen LogP) is 6.74. The number of hydrogen-bond donors (Lipinski definition) is 1. The van der Waals surface area contributed by atoms with Gasteiger partial charge in [-0.25, -0.2) is 8.42 Å². The summed E-state index contributed by atoms with van der Waals surface area (Å²) in [6, 6.07) is 30.9. The van der Waals surface area contributed by atoms with Gasteiger partial charge in [-0.1, -0.05) is 102 Å². The van der Waals surface area contributed by atoms with Crippen molar-refractivity contribution in [2.24, 2.45) is 0 Å². The second-order valence-electron chi connectivity index (χ2n) is 11.7. The Labute approximate surface area is 285 Å². The lowest BCUT2D eigenvalue weighted by Crippen LogP contribution is -2.55. The number of nitrogens with one attached hydrogen (secondary N) is 1. The molecule has 0 radical (unpaired) electrons. The Morgan fingerprint density at radius 1 is 0.851 bits per heavy atom. The number of rotatable bonds is 13. The van der Waals surface area contributed by atoms with Gasteiger partial charge < -0.3 is 15.0 Å². The molecule has 246 valence electrons. The molecule has 47 heavy (non-hydrogen) atoms. The van der Waals surface area contributed by atoms with Gasteiger partial charge in [0.25, 0.3) is 10.0 Å². The molecule has 1 saturated carbocycles. The lowest BCUT2D eigenvalue weighted by Gasteiger charge is -2.35. The molecule has 0 aliphatic heterocycles. The zero-order valence-electron chi connectivity index (χ0n) is 26.4.